The van der Waals surface area contributed by atoms with Gasteiger partial charge in [0.2, 0.25) is 5.91 Å². The third-order valence-corrected chi connectivity index (χ3v) is 4.45. The van der Waals surface area contributed by atoms with Gasteiger partial charge in [0.25, 0.3) is 0 Å². The second kappa shape index (κ2) is 5.72. The van der Waals surface area contributed by atoms with Crippen LogP contribution in [0.15, 0.2) is 22.7 Å². The van der Waals surface area contributed by atoms with Crippen molar-refractivity contribution in [3.05, 3.63) is 28.5 Å². The van der Waals surface area contributed by atoms with Gasteiger partial charge in [-0.05, 0) is 55.7 Å². The highest BCUT2D eigenvalue weighted by Crippen LogP contribution is 2.44. The van der Waals surface area contributed by atoms with Gasteiger partial charge in [-0.3, -0.25) is 4.79 Å². The summed E-state index contributed by atoms with van der Waals surface area (Å²) in [6, 6.07) is 5.11. The first kappa shape index (κ1) is 13.9. The molecule has 3 rings (SSSR count). The van der Waals surface area contributed by atoms with Crippen LogP contribution < -0.4 is 10.6 Å². The standard InChI is InChI=1S/C15H18BrFN2O/c16-11-5-6-13(12(17)7-11)18-8-14(20)19-15(9-1-2-9)10-3-4-10/h5-7,9-10,15,18H,1-4,8H2,(H,19,20). The molecule has 2 aliphatic carbocycles. The summed E-state index contributed by atoms with van der Waals surface area (Å²) in [5.74, 6) is 0.955. The molecule has 1 amide bonds. The molecule has 0 atom stereocenters. The van der Waals surface area contributed by atoms with Crippen LogP contribution in [0.2, 0.25) is 0 Å². The van der Waals surface area contributed by atoms with Gasteiger partial charge in [0, 0.05) is 10.5 Å². The fourth-order valence-corrected chi connectivity index (χ4v) is 2.91. The molecule has 2 aliphatic rings. The number of rotatable bonds is 6. The summed E-state index contributed by atoms with van der Waals surface area (Å²) in [4.78, 5) is 12.0. The van der Waals surface area contributed by atoms with Gasteiger partial charge in [-0.1, -0.05) is 15.9 Å². The number of carbonyl (C=O) groups is 1. The number of nitrogens with one attached hydrogen (secondary N) is 2. The molecule has 2 fully saturated rings. The molecule has 20 heavy (non-hydrogen) atoms. The maximum atomic E-state index is 13.6. The third-order valence-electron chi connectivity index (χ3n) is 3.96. The van der Waals surface area contributed by atoms with E-state index in [9.17, 15) is 9.18 Å². The first-order valence-electron chi connectivity index (χ1n) is 7.12. The van der Waals surface area contributed by atoms with Crippen LogP contribution in [0.25, 0.3) is 0 Å². The minimum absolute atomic E-state index is 0.0453. The Morgan fingerprint density at radius 2 is 1.95 bits per heavy atom. The molecular formula is C15H18BrFN2O. The van der Waals surface area contributed by atoms with E-state index in [0.717, 1.165) is 0 Å². The van der Waals surface area contributed by atoms with Crippen molar-refractivity contribution in [2.24, 2.45) is 11.8 Å². The van der Waals surface area contributed by atoms with E-state index in [-0.39, 0.29) is 18.3 Å². The number of hydrogen-bond donors (Lipinski definition) is 2. The van der Waals surface area contributed by atoms with E-state index >= 15 is 0 Å². The minimum Gasteiger partial charge on any atom is -0.374 e. The summed E-state index contributed by atoms with van der Waals surface area (Å²) in [5, 5.41) is 5.96. The average molecular weight is 341 g/mol. The zero-order chi connectivity index (χ0) is 14.1. The van der Waals surface area contributed by atoms with Crippen LogP contribution in [0, 0.1) is 17.7 Å². The molecule has 0 spiro atoms. The fourth-order valence-electron chi connectivity index (χ4n) is 2.58. The van der Waals surface area contributed by atoms with E-state index in [0.29, 0.717) is 28.0 Å². The van der Waals surface area contributed by atoms with Crippen molar-refractivity contribution in [3.8, 4) is 0 Å². The molecule has 0 bridgehead atoms. The number of anilines is 1. The molecule has 0 unspecified atom stereocenters. The second-order valence-electron chi connectivity index (χ2n) is 5.75. The van der Waals surface area contributed by atoms with Gasteiger partial charge in [0.05, 0.1) is 12.2 Å². The topological polar surface area (TPSA) is 41.1 Å². The number of halogens is 2. The highest BCUT2D eigenvalue weighted by atomic mass is 79.9. The first-order chi connectivity index (χ1) is 9.63. The Morgan fingerprint density at radius 3 is 2.50 bits per heavy atom. The zero-order valence-electron chi connectivity index (χ0n) is 11.2. The number of carbonyl (C=O) groups excluding carboxylic acids is 1. The molecule has 0 aliphatic heterocycles. The molecule has 1 aromatic rings. The Hall–Kier alpha value is -1.10. The Bertz CT molecular complexity index is 503. The molecule has 0 radical (unpaired) electrons. The molecule has 5 heteroatoms. The van der Waals surface area contributed by atoms with Crippen LogP contribution in [-0.2, 0) is 4.79 Å². The van der Waals surface area contributed by atoms with Crippen LogP contribution in [0.5, 0.6) is 0 Å². The summed E-state index contributed by atoms with van der Waals surface area (Å²) in [7, 11) is 0. The van der Waals surface area contributed by atoms with Gasteiger partial charge >= 0.3 is 0 Å². The highest BCUT2D eigenvalue weighted by molar-refractivity contribution is 9.10. The predicted molar refractivity (Wildman–Crippen MR) is 80.0 cm³/mol. The number of hydrogen-bond acceptors (Lipinski definition) is 2. The van der Waals surface area contributed by atoms with Crippen molar-refractivity contribution in [2.45, 2.75) is 31.7 Å². The predicted octanol–water partition coefficient (Wildman–Crippen LogP) is 3.30. The lowest BCUT2D eigenvalue weighted by atomic mass is 10.1. The summed E-state index contributed by atoms with van der Waals surface area (Å²) in [5.41, 5.74) is 0.359. The smallest absolute Gasteiger partial charge is 0.239 e. The van der Waals surface area contributed by atoms with Crippen LogP contribution in [-0.4, -0.2) is 18.5 Å². The van der Waals surface area contributed by atoms with E-state index < -0.39 is 0 Å². The molecular weight excluding hydrogens is 323 g/mol. The van der Waals surface area contributed by atoms with Crippen molar-refractivity contribution < 1.29 is 9.18 Å². The Kier molecular flexibility index (Phi) is 3.96. The van der Waals surface area contributed by atoms with E-state index in [1.807, 2.05) is 0 Å². The molecule has 3 nitrogen and oxygen atoms in total. The van der Waals surface area contributed by atoms with Gasteiger partial charge in [0.1, 0.15) is 5.82 Å². The average Bonchev–Trinajstić information content (AvgIpc) is 3.28. The summed E-state index contributed by atoms with van der Waals surface area (Å²) in [6.45, 7) is 0.120. The molecule has 108 valence electrons. The maximum absolute atomic E-state index is 13.6. The van der Waals surface area contributed by atoms with Crippen LogP contribution in [0.1, 0.15) is 25.7 Å². The number of benzene rings is 1. The lowest BCUT2D eigenvalue weighted by Gasteiger charge is -2.18. The van der Waals surface area contributed by atoms with Gasteiger partial charge < -0.3 is 10.6 Å². The third kappa shape index (κ3) is 3.51. The summed E-state index contributed by atoms with van der Waals surface area (Å²) < 4.78 is 14.3. The Balaban J connectivity index is 1.51. The maximum Gasteiger partial charge on any atom is 0.239 e. The lowest BCUT2D eigenvalue weighted by Crippen LogP contribution is -2.41. The van der Waals surface area contributed by atoms with Gasteiger partial charge in [0.15, 0.2) is 0 Å². The summed E-state index contributed by atoms with van der Waals surface area (Å²) >= 11 is 3.21. The van der Waals surface area contributed by atoms with Crippen molar-refractivity contribution in [1.29, 1.82) is 0 Å². The summed E-state index contributed by atoms with van der Waals surface area (Å²) in [6.07, 6.45) is 4.93. The van der Waals surface area contributed by atoms with Gasteiger partial charge in [-0.2, -0.15) is 0 Å². The van der Waals surface area contributed by atoms with Crippen molar-refractivity contribution in [1.82, 2.24) is 5.32 Å². The van der Waals surface area contributed by atoms with E-state index in [2.05, 4.69) is 26.6 Å². The van der Waals surface area contributed by atoms with Gasteiger partial charge in [-0.25, -0.2) is 4.39 Å². The molecule has 2 saturated carbocycles. The normalized spacial score (nSPS) is 18.1. The molecule has 0 aromatic heterocycles. The molecule has 1 aromatic carbocycles. The molecule has 0 saturated heterocycles. The quantitative estimate of drug-likeness (QED) is 0.834. The van der Waals surface area contributed by atoms with Crippen molar-refractivity contribution >= 4 is 27.5 Å². The fraction of sp³-hybridized carbons (Fsp3) is 0.533. The number of amides is 1. The minimum atomic E-state index is -0.354. The van der Waals surface area contributed by atoms with Crippen LogP contribution in [0.4, 0.5) is 10.1 Å². The Morgan fingerprint density at radius 1 is 1.30 bits per heavy atom. The monoisotopic (exact) mass is 340 g/mol. The van der Waals surface area contributed by atoms with E-state index in [1.54, 1.807) is 12.1 Å². The second-order valence-corrected chi connectivity index (χ2v) is 6.66. The Labute approximate surface area is 126 Å². The van der Waals surface area contributed by atoms with Crippen LogP contribution >= 0.6 is 15.9 Å². The highest BCUT2D eigenvalue weighted by Gasteiger charge is 2.42. The van der Waals surface area contributed by atoms with Crippen molar-refractivity contribution in [2.75, 3.05) is 11.9 Å². The van der Waals surface area contributed by atoms with E-state index in [1.165, 1.54) is 31.7 Å². The lowest BCUT2D eigenvalue weighted by molar-refractivity contribution is -0.120. The van der Waals surface area contributed by atoms with Crippen molar-refractivity contribution in [3.63, 3.8) is 0 Å². The SMILES string of the molecule is O=C(CNc1ccc(Br)cc1F)NC(C1CC1)C1CC1. The zero-order valence-corrected chi connectivity index (χ0v) is 12.7. The van der Waals surface area contributed by atoms with Gasteiger partial charge in [-0.15, -0.1) is 0 Å². The molecule has 2 N–H and O–H groups in total. The van der Waals surface area contributed by atoms with E-state index in [4.69, 9.17) is 0 Å². The first-order valence-corrected chi connectivity index (χ1v) is 7.91. The molecule has 0 heterocycles. The largest absolute Gasteiger partial charge is 0.374 e. The van der Waals surface area contributed by atoms with Crippen LogP contribution in [0.3, 0.4) is 0 Å².